The highest BCUT2D eigenvalue weighted by Gasteiger charge is 2.13. The van der Waals surface area contributed by atoms with Crippen molar-refractivity contribution < 1.29 is 19.0 Å². The van der Waals surface area contributed by atoms with E-state index >= 15 is 0 Å². The molecule has 0 unspecified atom stereocenters. The number of hydrogen-bond acceptors (Lipinski definition) is 5. The first-order chi connectivity index (χ1) is 8.12. The van der Waals surface area contributed by atoms with Crippen LogP contribution in [0.25, 0.3) is 0 Å². The highest BCUT2D eigenvalue weighted by Crippen LogP contribution is 2.36. The zero-order valence-electron chi connectivity index (χ0n) is 9.66. The average Bonchev–Trinajstić information content (AvgIpc) is 2.35. The molecular formula is C11H14BrNO4. The van der Waals surface area contributed by atoms with Crippen LogP contribution < -0.4 is 15.2 Å². The minimum atomic E-state index is -0.457. The minimum Gasteiger partial charge on any atom is -0.493 e. The Labute approximate surface area is 108 Å². The van der Waals surface area contributed by atoms with Gasteiger partial charge in [0.2, 0.25) is 0 Å². The van der Waals surface area contributed by atoms with E-state index in [1.54, 1.807) is 6.07 Å². The fraction of sp³-hybridized carbons (Fsp3) is 0.364. The molecule has 0 spiro atoms. The summed E-state index contributed by atoms with van der Waals surface area (Å²) in [7, 11) is 2.82. The van der Waals surface area contributed by atoms with Gasteiger partial charge >= 0.3 is 5.97 Å². The Kier molecular flexibility index (Phi) is 5.24. The van der Waals surface area contributed by atoms with Crippen LogP contribution in [0.3, 0.4) is 0 Å². The van der Waals surface area contributed by atoms with Crippen LogP contribution in [0.4, 0.5) is 0 Å². The molecule has 0 saturated carbocycles. The third-order valence-electron chi connectivity index (χ3n) is 2.09. The number of rotatable bonds is 5. The van der Waals surface area contributed by atoms with Gasteiger partial charge in [0, 0.05) is 6.54 Å². The smallest absolute Gasteiger partial charge is 0.343 e. The number of hydrogen-bond donors (Lipinski definition) is 1. The Bertz CT molecular complexity index is 409. The van der Waals surface area contributed by atoms with E-state index in [-0.39, 0.29) is 6.61 Å². The highest BCUT2D eigenvalue weighted by atomic mass is 79.9. The average molecular weight is 304 g/mol. The molecule has 94 valence electrons. The van der Waals surface area contributed by atoms with Crippen molar-refractivity contribution in [2.75, 3.05) is 20.8 Å². The van der Waals surface area contributed by atoms with Gasteiger partial charge < -0.3 is 19.9 Å². The number of esters is 1. The summed E-state index contributed by atoms with van der Waals surface area (Å²) in [6, 6.07) is 3.58. The maximum Gasteiger partial charge on any atom is 0.343 e. The number of benzene rings is 1. The molecule has 1 aromatic rings. The Balaban J connectivity index is 2.93. The number of halogens is 1. The van der Waals surface area contributed by atoms with E-state index in [1.807, 2.05) is 6.07 Å². The van der Waals surface area contributed by atoms with Crippen molar-refractivity contribution in [2.24, 2.45) is 5.73 Å². The van der Waals surface area contributed by atoms with Crippen LogP contribution in [-0.4, -0.2) is 26.8 Å². The lowest BCUT2D eigenvalue weighted by molar-refractivity contribution is -0.142. The minimum absolute atomic E-state index is 0.173. The Morgan fingerprint density at radius 2 is 2.12 bits per heavy atom. The number of nitrogens with two attached hydrogens (primary N) is 1. The Morgan fingerprint density at radius 1 is 1.41 bits per heavy atom. The maximum atomic E-state index is 11.0. The van der Waals surface area contributed by atoms with E-state index in [4.69, 9.17) is 15.2 Å². The van der Waals surface area contributed by atoms with Crippen molar-refractivity contribution >= 4 is 21.9 Å². The fourth-order valence-corrected chi connectivity index (χ4v) is 1.83. The normalized spacial score (nSPS) is 9.88. The molecule has 0 bridgehead atoms. The number of methoxy groups -OCH3 is 2. The zero-order valence-corrected chi connectivity index (χ0v) is 11.2. The molecular weight excluding hydrogens is 290 g/mol. The largest absolute Gasteiger partial charge is 0.493 e. The first kappa shape index (κ1) is 13.8. The fourth-order valence-electron chi connectivity index (χ4n) is 1.22. The van der Waals surface area contributed by atoms with Crippen LogP contribution in [-0.2, 0) is 16.1 Å². The summed E-state index contributed by atoms with van der Waals surface area (Å²) in [5.74, 6) is 0.515. The molecule has 6 heteroatoms. The highest BCUT2D eigenvalue weighted by molar-refractivity contribution is 9.10. The molecule has 0 amide bonds. The summed E-state index contributed by atoms with van der Waals surface area (Å²) in [4.78, 5) is 11.0. The molecule has 0 radical (unpaired) electrons. The maximum absolute atomic E-state index is 11.0. The quantitative estimate of drug-likeness (QED) is 0.834. The molecule has 0 atom stereocenters. The zero-order chi connectivity index (χ0) is 12.8. The molecule has 0 aromatic heterocycles. The first-order valence-corrected chi connectivity index (χ1v) is 5.67. The molecule has 0 fully saturated rings. The predicted octanol–water partition coefficient (Wildman–Crippen LogP) is 1.47. The van der Waals surface area contributed by atoms with E-state index in [0.29, 0.717) is 22.5 Å². The summed E-state index contributed by atoms with van der Waals surface area (Å²) in [5.41, 5.74) is 6.45. The lowest BCUT2D eigenvalue weighted by Gasteiger charge is -2.13. The van der Waals surface area contributed by atoms with Crippen LogP contribution in [0, 0.1) is 0 Å². The van der Waals surface area contributed by atoms with Gasteiger partial charge in [-0.3, -0.25) is 0 Å². The second-order valence-corrected chi connectivity index (χ2v) is 4.03. The molecule has 17 heavy (non-hydrogen) atoms. The van der Waals surface area contributed by atoms with Gasteiger partial charge in [0.15, 0.2) is 18.1 Å². The van der Waals surface area contributed by atoms with E-state index in [2.05, 4.69) is 20.7 Å². The van der Waals surface area contributed by atoms with E-state index in [0.717, 1.165) is 5.56 Å². The number of carbonyl (C=O) groups excluding carboxylic acids is 1. The van der Waals surface area contributed by atoms with E-state index in [1.165, 1.54) is 14.2 Å². The van der Waals surface area contributed by atoms with E-state index in [9.17, 15) is 4.79 Å². The van der Waals surface area contributed by atoms with Crippen molar-refractivity contribution in [3.05, 3.63) is 22.2 Å². The molecule has 1 rings (SSSR count). The second kappa shape index (κ2) is 6.46. The van der Waals surface area contributed by atoms with Crippen LogP contribution >= 0.6 is 15.9 Å². The molecule has 0 saturated heterocycles. The molecule has 0 heterocycles. The van der Waals surface area contributed by atoms with Gasteiger partial charge in [-0.2, -0.15) is 0 Å². The van der Waals surface area contributed by atoms with Gasteiger partial charge in [-0.15, -0.1) is 0 Å². The lowest BCUT2D eigenvalue weighted by Crippen LogP contribution is -2.13. The molecule has 0 aliphatic heterocycles. The topological polar surface area (TPSA) is 70.8 Å². The van der Waals surface area contributed by atoms with Gasteiger partial charge in [-0.05, 0) is 33.6 Å². The SMILES string of the molecule is COC(=O)COc1c(Br)cc(CN)cc1OC. The van der Waals surface area contributed by atoms with Crippen molar-refractivity contribution in [1.29, 1.82) is 0 Å². The summed E-state index contributed by atoms with van der Waals surface area (Å²) in [6.45, 7) is 0.222. The number of ether oxygens (including phenoxy) is 3. The summed E-state index contributed by atoms with van der Waals surface area (Å²) >= 11 is 3.34. The molecule has 2 N–H and O–H groups in total. The van der Waals surface area contributed by atoms with Gasteiger partial charge in [0.25, 0.3) is 0 Å². The van der Waals surface area contributed by atoms with Crippen molar-refractivity contribution in [1.82, 2.24) is 0 Å². The van der Waals surface area contributed by atoms with Crippen molar-refractivity contribution in [2.45, 2.75) is 6.54 Å². The summed E-state index contributed by atoms with van der Waals surface area (Å²) in [5, 5.41) is 0. The molecule has 0 aliphatic carbocycles. The Morgan fingerprint density at radius 3 is 2.65 bits per heavy atom. The second-order valence-electron chi connectivity index (χ2n) is 3.18. The monoisotopic (exact) mass is 303 g/mol. The lowest BCUT2D eigenvalue weighted by atomic mass is 10.2. The van der Waals surface area contributed by atoms with Gasteiger partial charge in [0.1, 0.15) is 0 Å². The van der Waals surface area contributed by atoms with Crippen LogP contribution in [0.15, 0.2) is 16.6 Å². The van der Waals surface area contributed by atoms with Crippen LogP contribution in [0.5, 0.6) is 11.5 Å². The predicted molar refractivity (Wildman–Crippen MR) is 66.1 cm³/mol. The third kappa shape index (κ3) is 3.61. The van der Waals surface area contributed by atoms with Crippen molar-refractivity contribution in [3.63, 3.8) is 0 Å². The van der Waals surface area contributed by atoms with Crippen LogP contribution in [0.1, 0.15) is 5.56 Å². The van der Waals surface area contributed by atoms with Gasteiger partial charge in [-0.1, -0.05) is 0 Å². The molecule has 5 nitrogen and oxygen atoms in total. The summed E-state index contributed by atoms with van der Waals surface area (Å²) in [6.07, 6.45) is 0. The van der Waals surface area contributed by atoms with Gasteiger partial charge in [0.05, 0.1) is 18.7 Å². The van der Waals surface area contributed by atoms with E-state index < -0.39 is 5.97 Å². The molecule has 0 aliphatic rings. The Hall–Kier alpha value is -1.27. The van der Waals surface area contributed by atoms with Crippen molar-refractivity contribution in [3.8, 4) is 11.5 Å². The standard InChI is InChI=1S/C11H14BrNO4/c1-15-9-4-7(5-13)3-8(12)11(9)17-6-10(14)16-2/h3-4H,5-6,13H2,1-2H3. The van der Waals surface area contributed by atoms with Crippen LogP contribution in [0.2, 0.25) is 0 Å². The summed E-state index contributed by atoms with van der Waals surface area (Å²) < 4.78 is 15.7. The first-order valence-electron chi connectivity index (χ1n) is 4.88. The third-order valence-corrected chi connectivity index (χ3v) is 2.68. The van der Waals surface area contributed by atoms with Gasteiger partial charge in [-0.25, -0.2) is 4.79 Å². The number of carbonyl (C=O) groups is 1. The molecule has 1 aromatic carbocycles.